The summed E-state index contributed by atoms with van der Waals surface area (Å²) in [6.45, 7) is 0.837. The van der Waals surface area contributed by atoms with E-state index in [9.17, 15) is 0 Å². The van der Waals surface area contributed by atoms with Crippen molar-refractivity contribution < 1.29 is 4.74 Å². The number of benzene rings is 1. The van der Waals surface area contributed by atoms with Gasteiger partial charge in [-0.25, -0.2) is 0 Å². The summed E-state index contributed by atoms with van der Waals surface area (Å²) in [6, 6.07) is 8.53. The topological polar surface area (TPSA) is 21.3 Å². The molecule has 0 saturated heterocycles. The van der Waals surface area contributed by atoms with Crippen molar-refractivity contribution in [1.29, 1.82) is 0 Å². The average Bonchev–Trinajstić information content (AvgIpc) is 2.35. The van der Waals surface area contributed by atoms with Crippen LogP contribution in [0.1, 0.15) is 12.8 Å². The van der Waals surface area contributed by atoms with E-state index in [0.717, 1.165) is 30.2 Å². The minimum Gasteiger partial charge on any atom is -0.385 e. The molecule has 0 aliphatic rings. The molecule has 17 heavy (non-hydrogen) atoms. The first-order valence-corrected chi connectivity index (χ1v) is 7.17. The Hall–Kier alpha value is -0.220. The van der Waals surface area contributed by atoms with Crippen molar-refractivity contribution in [2.75, 3.05) is 26.5 Å². The fraction of sp³-hybridized carbons (Fsp3) is 0.538. The van der Waals surface area contributed by atoms with Crippen LogP contribution in [0.15, 0.2) is 29.2 Å². The summed E-state index contributed by atoms with van der Waals surface area (Å²) in [4.78, 5) is 1.27. The molecule has 0 amide bonds. The summed E-state index contributed by atoms with van der Waals surface area (Å²) in [5.41, 5.74) is 0. The minimum atomic E-state index is 0.533. The lowest BCUT2D eigenvalue weighted by atomic mass is 10.2. The second-order valence-corrected chi connectivity index (χ2v) is 5.42. The molecule has 0 spiro atoms. The molecule has 4 heteroatoms. The highest BCUT2D eigenvalue weighted by atomic mass is 35.5. The Kier molecular flexibility index (Phi) is 7.69. The largest absolute Gasteiger partial charge is 0.385 e. The third kappa shape index (κ3) is 6.32. The molecule has 1 aromatic rings. The molecule has 1 unspecified atom stereocenters. The van der Waals surface area contributed by atoms with Crippen molar-refractivity contribution in [3.8, 4) is 0 Å². The zero-order valence-corrected chi connectivity index (χ0v) is 12.0. The zero-order chi connectivity index (χ0) is 12.5. The monoisotopic (exact) mass is 273 g/mol. The van der Waals surface area contributed by atoms with Crippen LogP contribution in [0.2, 0.25) is 5.02 Å². The Morgan fingerprint density at radius 1 is 1.35 bits per heavy atom. The van der Waals surface area contributed by atoms with Gasteiger partial charge in [-0.3, -0.25) is 0 Å². The van der Waals surface area contributed by atoms with Crippen molar-refractivity contribution in [3.05, 3.63) is 29.3 Å². The van der Waals surface area contributed by atoms with Gasteiger partial charge in [0.15, 0.2) is 0 Å². The van der Waals surface area contributed by atoms with E-state index in [1.165, 1.54) is 4.90 Å². The van der Waals surface area contributed by atoms with E-state index in [-0.39, 0.29) is 0 Å². The lowest BCUT2D eigenvalue weighted by Crippen LogP contribution is -2.27. The van der Waals surface area contributed by atoms with Gasteiger partial charge in [0.05, 0.1) is 0 Å². The molecule has 2 nitrogen and oxygen atoms in total. The standard InChI is InChI=1S/C13H20ClNOS/c1-15-12(4-3-9-16-2)10-17-13-7-5-11(14)6-8-13/h5-8,12,15H,3-4,9-10H2,1-2H3. The van der Waals surface area contributed by atoms with Crippen LogP contribution in [0.5, 0.6) is 0 Å². The molecule has 0 aromatic heterocycles. The van der Waals surface area contributed by atoms with Gasteiger partial charge in [0, 0.05) is 35.4 Å². The molecule has 0 heterocycles. The van der Waals surface area contributed by atoms with Crippen LogP contribution in [-0.2, 0) is 4.74 Å². The van der Waals surface area contributed by atoms with Gasteiger partial charge in [0.1, 0.15) is 0 Å². The predicted molar refractivity (Wildman–Crippen MR) is 76.1 cm³/mol. The lowest BCUT2D eigenvalue weighted by molar-refractivity contribution is 0.190. The quantitative estimate of drug-likeness (QED) is 0.579. The Morgan fingerprint density at radius 2 is 2.06 bits per heavy atom. The first-order valence-electron chi connectivity index (χ1n) is 5.81. The summed E-state index contributed by atoms with van der Waals surface area (Å²) >= 11 is 7.71. The highest BCUT2D eigenvalue weighted by Gasteiger charge is 2.06. The number of hydrogen-bond donors (Lipinski definition) is 1. The van der Waals surface area contributed by atoms with Crippen LogP contribution in [0.4, 0.5) is 0 Å². The molecular weight excluding hydrogens is 254 g/mol. The van der Waals surface area contributed by atoms with Gasteiger partial charge in [-0.1, -0.05) is 11.6 Å². The number of nitrogens with one attached hydrogen (secondary N) is 1. The summed E-state index contributed by atoms with van der Waals surface area (Å²) in [5.74, 6) is 1.07. The van der Waals surface area contributed by atoms with E-state index in [2.05, 4.69) is 17.4 Å². The Bertz CT molecular complexity index is 305. The fourth-order valence-corrected chi connectivity index (χ4v) is 2.69. The molecular formula is C13H20ClNOS. The highest BCUT2D eigenvalue weighted by molar-refractivity contribution is 7.99. The van der Waals surface area contributed by atoms with Crippen molar-refractivity contribution in [3.63, 3.8) is 0 Å². The minimum absolute atomic E-state index is 0.533. The number of methoxy groups -OCH3 is 1. The van der Waals surface area contributed by atoms with Crippen LogP contribution in [0, 0.1) is 0 Å². The first-order chi connectivity index (χ1) is 8.26. The third-order valence-corrected chi connectivity index (χ3v) is 4.00. The lowest BCUT2D eigenvalue weighted by Gasteiger charge is -2.15. The van der Waals surface area contributed by atoms with Gasteiger partial charge in [-0.2, -0.15) is 0 Å². The van der Waals surface area contributed by atoms with Crippen LogP contribution in [0.3, 0.4) is 0 Å². The second kappa shape index (κ2) is 8.81. The molecule has 1 N–H and O–H groups in total. The molecule has 0 fully saturated rings. The van der Waals surface area contributed by atoms with Crippen LogP contribution in [-0.4, -0.2) is 32.6 Å². The van der Waals surface area contributed by atoms with Crippen LogP contribution < -0.4 is 5.32 Å². The summed E-state index contributed by atoms with van der Waals surface area (Å²) in [7, 11) is 3.76. The van der Waals surface area contributed by atoms with E-state index in [0.29, 0.717) is 6.04 Å². The zero-order valence-electron chi connectivity index (χ0n) is 10.4. The Morgan fingerprint density at radius 3 is 2.65 bits per heavy atom. The molecule has 1 atom stereocenters. The average molecular weight is 274 g/mol. The Labute approximate surface area is 113 Å². The number of rotatable bonds is 8. The van der Waals surface area contributed by atoms with E-state index in [1.807, 2.05) is 30.9 Å². The van der Waals surface area contributed by atoms with E-state index in [1.54, 1.807) is 7.11 Å². The molecule has 1 aromatic carbocycles. The van der Waals surface area contributed by atoms with Crippen molar-refractivity contribution >= 4 is 23.4 Å². The normalized spacial score (nSPS) is 12.6. The van der Waals surface area contributed by atoms with Crippen molar-refractivity contribution in [2.45, 2.75) is 23.8 Å². The second-order valence-electron chi connectivity index (χ2n) is 3.89. The maximum Gasteiger partial charge on any atom is 0.0462 e. The fourth-order valence-electron chi connectivity index (χ4n) is 1.51. The first kappa shape index (κ1) is 14.8. The highest BCUT2D eigenvalue weighted by Crippen LogP contribution is 2.21. The van der Waals surface area contributed by atoms with E-state index in [4.69, 9.17) is 16.3 Å². The Balaban J connectivity index is 2.29. The maximum absolute atomic E-state index is 5.85. The molecule has 0 bridgehead atoms. The summed E-state index contributed by atoms with van der Waals surface area (Å²) in [5, 5.41) is 4.13. The van der Waals surface area contributed by atoms with Gasteiger partial charge in [-0.05, 0) is 44.2 Å². The van der Waals surface area contributed by atoms with Gasteiger partial charge < -0.3 is 10.1 Å². The predicted octanol–water partition coefficient (Wildman–Crippen LogP) is 3.45. The van der Waals surface area contributed by atoms with Gasteiger partial charge in [-0.15, -0.1) is 11.8 Å². The van der Waals surface area contributed by atoms with Crippen LogP contribution in [0.25, 0.3) is 0 Å². The van der Waals surface area contributed by atoms with Crippen molar-refractivity contribution in [2.24, 2.45) is 0 Å². The van der Waals surface area contributed by atoms with Crippen molar-refractivity contribution in [1.82, 2.24) is 5.32 Å². The summed E-state index contributed by atoms with van der Waals surface area (Å²) in [6.07, 6.45) is 2.24. The number of thioether (sulfide) groups is 1. The van der Waals surface area contributed by atoms with Gasteiger partial charge in [0.2, 0.25) is 0 Å². The van der Waals surface area contributed by atoms with Gasteiger partial charge in [0.25, 0.3) is 0 Å². The number of halogens is 1. The molecule has 0 radical (unpaired) electrons. The summed E-state index contributed by atoms with van der Waals surface area (Å²) < 4.78 is 5.06. The molecule has 1 rings (SSSR count). The SMILES string of the molecule is CNC(CCCOC)CSc1ccc(Cl)cc1. The van der Waals surface area contributed by atoms with Gasteiger partial charge >= 0.3 is 0 Å². The molecule has 0 aliphatic heterocycles. The number of hydrogen-bond acceptors (Lipinski definition) is 3. The molecule has 0 saturated carbocycles. The third-order valence-electron chi connectivity index (χ3n) is 2.57. The maximum atomic E-state index is 5.85. The number of ether oxygens (including phenoxy) is 1. The van der Waals surface area contributed by atoms with E-state index >= 15 is 0 Å². The molecule has 0 aliphatic carbocycles. The molecule has 96 valence electrons. The van der Waals surface area contributed by atoms with E-state index < -0.39 is 0 Å². The smallest absolute Gasteiger partial charge is 0.0462 e. The van der Waals surface area contributed by atoms with Crippen LogP contribution >= 0.6 is 23.4 Å².